The van der Waals surface area contributed by atoms with Crippen molar-refractivity contribution in [3.63, 3.8) is 0 Å². The van der Waals surface area contributed by atoms with Crippen molar-refractivity contribution >= 4 is 11.0 Å². The molecule has 3 rings (SSSR count). The molecule has 0 fully saturated rings. The van der Waals surface area contributed by atoms with E-state index in [4.69, 9.17) is 15.0 Å². The summed E-state index contributed by atoms with van der Waals surface area (Å²) in [5.41, 5.74) is 4.09. The van der Waals surface area contributed by atoms with Gasteiger partial charge in [-0.3, -0.25) is 5.84 Å². The number of furan rings is 1. The smallest absolute Gasteiger partial charge is 0.165 e. The van der Waals surface area contributed by atoms with E-state index in [-0.39, 0.29) is 5.75 Å². The minimum atomic E-state index is -0.439. The van der Waals surface area contributed by atoms with E-state index in [0.717, 1.165) is 11.0 Å². The van der Waals surface area contributed by atoms with Crippen LogP contribution in [0.5, 0.6) is 5.75 Å². The summed E-state index contributed by atoms with van der Waals surface area (Å²) < 4.78 is 24.5. The highest BCUT2D eigenvalue weighted by Crippen LogP contribution is 2.29. The lowest BCUT2D eigenvalue weighted by atomic mass is 10.0. The molecule has 0 saturated carbocycles. The molecule has 5 heteroatoms. The Labute approximate surface area is 121 Å². The van der Waals surface area contributed by atoms with Gasteiger partial charge < -0.3 is 9.15 Å². The van der Waals surface area contributed by atoms with Gasteiger partial charge in [-0.2, -0.15) is 0 Å². The molecule has 0 amide bonds. The Kier molecular flexibility index (Phi) is 3.60. The second-order valence-corrected chi connectivity index (χ2v) is 4.68. The number of nitrogens with two attached hydrogens (primary N) is 1. The molecule has 0 aliphatic rings. The van der Waals surface area contributed by atoms with E-state index >= 15 is 0 Å². The lowest BCUT2D eigenvalue weighted by molar-refractivity contribution is 0.385. The van der Waals surface area contributed by atoms with Gasteiger partial charge in [0.05, 0.1) is 7.11 Å². The molecule has 21 heavy (non-hydrogen) atoms. The second kappa shape index (κ2) is 5.55. The molecule has 1 unspecified atom stereocenters. The van der Waals surface area contributed by atoms with Crippen molar-refractivity contribution in [1.29, 1.82) is 0 Å². The molecule has 108 valence electrons. The van der Waals surface area contributed by atoms with Crippen LogP contribution in [0.25, 0.3) is 11.0 Å². The molecule has 1 heterocycles. The van der Waals surface area contributed by atoms with Crippen LogP contribution in [0.1, 0.15) is 17.4 Å². The van der Waals surface area contributed by atoms with Crippen LogP contribution in [0.15, 0.2) is 52.9 Å². The highest BCUT2D eigenvalue weighted by atomic mass is 19.1. The van der Waals surface area contributed by atoms with Gasteiger partial charge in [-0.05, 0) is 29.8 Å². The molecular formula is C16H15FN2O2. The van der Waals surface area contributed by atoms with E-state index < -0.39 is 11.9 Å². The summed E-state index contributed by atoms with van der Waals surface area (Å²) in [6, 6.07) is 13.8. The van der Waals surface area contributed by atoms with Crippen molar-refractivity contribution in [2.45, 2.75) is 6.04 Å². The number of hydrogen-bond acceptors (Lipinski definition) is 4. The Morgan fingerprint density at radius 3 is 2.67 bits per heavy atom. The van der Waals surface area contributed by atoms with Crippen LogP contribution in [-0.2, 0) is 0 Å². The van der Waals surface area contributed by atoms with Gasteiger partial charge in [0.1, 0.15) is 17.4 Å². The number of nitrogens with one attached hydrogen (secondary N) is 1. The van der Waals surface area contributed by atoms with Crippen LogP contribution in [0.4, 0.5) is 4.39 Å². The SMILES string of the molecule is COc1ccc(C(NN)c2cc3ccccc3o2)cc1F. The number of ether oxygens (including phenoxy) is 1. The van der Waals surface area contributed by atoms with Crippen LogP contribution < -0.4 is 16.0 Å². The number of para-hydroxylation sites is 1. The van der Waals surface area contributed by atoms with Crippen molar-refractivity contribution in [3.05, 3.63) is 65.7 Å². The molecular weight excluding hydrogens is 271 g/mol. The first-order valence-electron chi connectivity index (χ1n) is 6.51. The van der Waals surface area contributed by atoms with E-state index in [1.807, 2.05) is 30.3 Å². The van der Waals surface area contributed by atoms with Gasteiger partial charge >= 0.3 is 0 Å². The summed E-state index contributed by atoms with van der Waals surface area (Å²) in [5.74, 6) is 6.00. The first-order valence-corrected chi connectivity index (χ1v) is 6.51. The molecule has 1 atom stereocenters. The van der Waals surface area contributed by atoms with E-state index in [2.05, 4.69) is 5.43 Å². The average Bonchev–Trinajstić information content (AvgIpc) is 2.91. The maximum atomic E-state index is 13.8. The molecule has 0 aliphatic heterocycles. The number of benzene rings is 2. The van der Waals surface area contributed by atoms with E-state index in [9.17, 15) is 4.39 Å². The molecule has 0 spiro atoms. The van der Waals surface area contributed by atoms with Gasteiger partial charge in [0.25, 0.3) is 0 Å². The minimum absolute atomic E-state index is 0.194. The number of methoxy groups -OCH3 is 1. The molecule has 3 aromatic rings. The molecule has 0 radical (unpaired) electrons. The topological polar surface area (TPSA) is 60.4 Å². The van der Waals surface area contributed by atoms with Crippen molar-refractivity contribution in [1.82, 2.24) is 5.43 Å². The summed E-state index contributed by atoms with van der Waals surface area (Å²) >= 11 is 0. The standard InChI is InChI=1S/C16H15FN2O2/c1-20-14-7-6-11(8-12(14)17)16(19-18)15-9-10-4-2-3-5-13(10)21-15/h2-9,16,19H,18H2,1H3. The number of hydrogen-bond donors (Lipinski definition) is 2. The quantitative estimate of drug-likeness (QED) is 0.571. The summed E-state index contributed by atoms with van der Waals surface area (Å²) in [7, 11) is 1.43. The van der Waals surface area contributed by atoms with Crippen molar-refractivity contribution in [3.8, 4) is 5.75 Å². The zero-order chi connectivity index (χ0) is 14.8. The van der Waals surface area contributed by atoms with Crippen LogP contribution in [0.3, 0.4) is 0 Å². The number of rotatable bonds is 4. The maximum absolute atomic E-state index is 13.8. The Balaban J connectivity index is 2.03. The lowest BCUT2D eigenvalue weighted by Gasteiger charge is -2.14. The monoisotopic (exact) mass is 286 g/mol. The number of hydrazine groups is 1. The third-order valence-electron chi connectivity index (χ3n) is 3.40. The van der Waals surface area contributed by atoms with Gasteiger partial charge in [-0.25, -0.2) is 9.82 Å². The minimum Gasteiger partial charge on any atom is -0.494 e. The molecule has 0 saturated heterocycles. The summed E-state index contributed by atoms with van der Waals surface area (Å²) in [4.78, 5) is 0. The Bertz CT molecular complexity index is 737. The van der Waals surface area contributed by atoms with E-state index in [1.54, 1.807) is 12.1 Å². The fourth-order valence-corrected chi connectivity index (χ4v) is 2.35. The van der Waals surface area contributed by atoms with Gasteiger partial charge in [0, 0.05) is 5.39 Å². The van der Waals surface area contributed by atoms with Gasteiger partial charge in [-0.1, -0.05) is 24.3 Å². The normalized spacial score (nSPS) is 12.5. The molecule has 3 N–H and O–H groups in total. The van der Waals surface area contributed by atoms with Gasteiger partial charge in [0.15, 0.2) is 11.6 Å². The van der Waals surface area contributed by atoms with Gasteiger partial charge in [-0.15, -0.1) is 0 Å². The zero-order valence-corrected chi connectivity index (χ0v) is 11.5. The van der Waals surface area contributed by atoms with Crippen LogP contribution in [0.2, 0.25) is 0 Å². The number of halogens is 1. The van der Waals surface area contributed by atoms with Crippen molar-refractivity contribution in [2.24, 2.45) is 5.84 Å². The lowest BCUT2D eigenvalue weighted by Crippen LogP contribution is -2.28. The highest BCUT2D eigenvalue weighted by molar-refractivity contribution is 5.77. The molecule has 0 aliphatic carbocycles. The molecule has 4 nitrogen and oxygen atoms in total. The van der Waals surface area contributed by atoms with Crippen LogP contribution >= 0.6 is 0 Å². The molecule has 2 aromatic carbocycles. The van der Waals surface area contributed by atoms with E-state index in [0.29, 0.717) is 11.3 Å². The zero-order valence-electron chi connectivity index (χ0n) is 11.5. The fourth-order valence-electron chi connectivity index (χ4n) is 2.35. The average molecular weight is 286 g/mol. The van der Waals surface area contributed by atoms with Gasteiger partial charge in [0.2, 0.25) is 0 Å². The summed E-state index contributed by atoms with van der Waals surface area (Å²) in [6.07, 6.45) is 0. The first-order chi connectivity index (χ1) is 10.2. The predicted octanol–water partition coefficient (Wildman–Crippen LogP) is 3.13. The Hall–Kier alpha value is -2.37. The van der Waals surface area contributed by atoms with E-state index in [1.165, 1.54) is 13.2 Å². The predicted molar refractivity (Wildman–Crippen MR) is 78.3 cm³/mol. The Morgan fingerprint density at radius 2 is 2.00 bits per heavy atom. The third kappa shape index (κ3) is 2.49. The van der Waals surface area contributed by atoms with Crippen molar-refractivity contribution in [2.75, 3.05) is 7.11 Å². The Morgan fingerprint density at radius 1 is 1.19 bits per heavy atom. The highest BCUT2D eigenvalue weighted by Gasteiger charge is 2.18. The summed E-state index contributed by atoms with van der Waals surface area (Å²) in [6.45, 7) is 0. The van der Waals surface area contributed by atoms with Crippen LogP contribution in [-0.4, -0.2) is 7.11 Å². The second-order valence-electron chi connectivity index (χ2n) is 4.68. The molecule has 0 bridgehead atoms. The first kappa shape index (κ1) is 13.6. The third-order valence-corrected chi connectivity index (χ3v) is 3.40. The van der Waals surface area contributed by atoms with Crippen molar-refractivity contribution < 1.29 is 13.5 Å². The largest absolute Gasteiger partial charge is 0.494 e. The van der Waals surface area contributed by atoms with Crippen LogP contribution in [0, 0.1) is 5.82 Å². The summed E-state index contributed by atoms with van der Waals surface area (Å²) in [5, 5.41) is 0.974. The molecule has 1 aromatic heterocycles. The maximum Gasteiger partial charge on any atom is 0.165 e. The fraction of sp³-hybridized carbons (Fsp3) is 0.125. The number of fused-ring (bicyclic) bond motifs is 1.